The van der Waals surface area contributed by atoms with Crippen LogP contribution in [0.5, 0.6) is 0 Å². The lowest BCUT2D eigenvalue weighted by Crippen LogP contribution is -2.29. The van der Waals surface area contributed by atoms with Crippen molar-refractivity contribution < 1.29 is 13.2 Å². The molecule has 2 fully saturated rings. The molecule has 0 unspecified atom stereocenters. The number of carbonyl (C=O) groups is 1. The smallest absolute Gasteiger partial charge is 0.252 e. The van der Waals surface area contributed by atoms with Gasteiger partial charge in [-0.05, 0) is 69.4 Å². The minimum atomic E-state index is -3.46. The number of amides is 1. The molecule has 1 aromatic rings. The molecule has 2 aliphatic rings. The average molecular weight is 349 g/mol. The summed E-state index contributed by atoms with van der Waals surface area (Å²) < 4.78 is 24.9. The fourth-order valence-electron chi connectivity index (χ4n) is 4.35. The Balaban J connectivity index is 1.63. The molecule has 132 valence electrons. The lowest BCUT2D eigenvalue weighted by molar-refractivity contribution is 0.0946. The molecule has 0 spiro atoms. The fourth-order valence-corrected chi connectivity index (χ4v) is 5.60. The van der Waals surface area contributed by atoms with Crippen LogP contribution in [0.4, 0.5) is 0 Å². The van der Waals surface area contributed by atoms with Gasteiger partial charge >= 0.3 is 0 Å². The summed E-state index contributed by atoms with van der Waals surface area (Å²) in [5, 5.41) is 2.39. The summed E-state index contributed by atoms with van der Waals surface area (Å²) >= 11 is 0. The highest BCUT2D eigenvalue weighted by molar-refractivity contribution is 7.92. The Kier molecular flexibility index (Phi) is 5.00. The lowest BCUT2D eigenvalue weighted by atomic mass is 9.86. The van der Waals surface area contributed by atoms with Gasteiger partial charge in [-0.1, -0.05) is 18.6 Å². The lowest BCUT2D eigenvalue weighted by Gasteiger charge is -2.21. The number of hydrogen-bond acceptors (Lipinski definition) is 3. The number of rotatable bonds is 6. The molecule has 2 bridgehead atoms. The Morgan fingerprint density at radius 3 is 2.58 bits per heavy atom. The summed E-state index contributed by atoms with van der Waals surface area (Å²) in [7, 11) is -3.46. The van der Waals surface area contributed by atoms with Crippen molar-refractivity contribution in [1.82, 2.24) is 5.32 Å². The third kappa shape index (κ3) is 3.37. The zero-order valence-electron chi connectivity index (χ0n) is 14.5. The van der Waals surface area contributed by atoms with E-state index in [2.05, 4.69) is 5.32 Å². The van der Waals surface area contributed by atoms with Gasteiger partial charge in [0, 0.05) is 6.54 Å². The predicted octanol–water partition coefficient (Wildman–Crippen LogP) is 3.42. The highest BCUT2D eigenvalue weighted by Crippen LogP contribution is 2.49. The van der Waals surface area contributed by atoms with Crippen LogP contribution in [0.1, 0.15) is 56.3 Å². The largest absolute Gasteiger partial charge is 0.352 e. The van der Waals surface area contributed by atoms with Crippen molar-refractivity contribution in [2.45, 2.75) is 56.1 Å². The molecule has 0 radical (unpaired) electrons. The molecule has 2 aliphatic carbocycles. The fraction of sp³-hybridized carbons (Fsp3) is 0.632. The van der Waals surface area contributed by atoms with Gasteiger partial charge in [-0.3, -0.25) is 4.79 Å². The first-order valence-electron chi connectivity index (χ1n) is 9.00. The molecule has 0 saturated heterocycles. The molecule has 2 saturated carbocycles. The maximum atomic E-state index is 12.5. The number of carbonyl (C=O) groups excluding carboxylic acids is 1. The van der Waals surface area contributed by atoms with Crippen LogP contribution in [0.25, 0.3) is 0 Å². The van der Waals surface area contributed by atoms with Crippen molar-refractivity contribution >= 4 is 15.7 Å². The Morgan fingerprint density at radius 1 is 1.21 bits per heavy atom. The van der Waals surface area contributed by atoms with Gasteiger partial charge in [0.15, 0.2) is 9.84 Å². The summed E-state index contributed by atoms with van der Waals surface area (Å²) in [5.41, 5.74) is 0.263. The average Bonchev–Trinajstić information content (AvgIpc) is 3.17. The summed E-state index contributed by atoms with van der Waals surface area (Å²) in [6, 6.07) is 6.51. The van der Waals surface area contributed by atoms with Crippen molar-refractivity contribution in [3.63, 3.8) is 0 Å². The van der Waals surface area contributed by atoms with Crippen LogP contribution in [-0.2, 0) is 9.84 Å². The van der Waals surface area contributed by atoms with Gasteiger partial charge in [0.05, 0.1) is 15.7 Å². The number of fused-ring (bicyclic) bond motifs is 2. The monoisotopic (exact) mass is 349 g/mol. The maximum Gasteiger partial charge on any atom is 0.252 e. The highest BCUT2D eigenvalue weighted by Gasteiger charge is 2.38. The van der Waals surface area contributed by atoms with Crippen molar-refractivity contribution in [2.24, 2.45) is 17.8 Å². The van der Waals surface area contributed by atoms with E-state index in [-0.39, 0.29) is 16.4 Å². The molecule has 4 nitrogen and oxygen atoms in total. The number of sulfone groups is 1. The maximum absolute atomic E-state index is 12.5. The summed E-state index contributed by atoms with van der Waals surface area (Å²) in [5.74, 6) is 2.21. The summed E-state index contributed by atoms with van der Waals surface area (Å²) in [6.45, 7) is 3.90. The van der Waals surface area contributed by atoms with Gasteiger partial charge in [-0.25, -0.2) is 8.42 Å². The molecule has 5 heteroatoms. The predicted molar refractivity (Wildman–Crippen MR) is 94.7 cm³/mol. The topological polar surface area (TPSA) is 63.2 Å². The van der Waals surface area contributed by atoms with Crippen molar-refractivity contribution in [1.29, 1.82) is 0 Å². The molecule has 3 atom stereocenters. The first-order chi connectivity index (χ1) is 11.4. The molecule has 0 aromatic heterocycles. The third-order valence-corrected chi connectivity index (χ3v) is 7.95. The SMILES string of the molecule is CC(C)S(=O)(=O)c1ccccc1C(=O)NCC[C@@H]1C[C@H]2CC[C@H]1C2. The molecule has 0 aliphatic heterocycles. The second-order valence-corrected chi connectivity index (χ2v) is 10.0. The molecule has 3 rings (SSSR count). The highest BCUT2D eigenvalue weighted by atomic mass is 32.2. The van der Waals surface area contributed by atoms with Crippen LogP contribution in [0.15, 0.2) is 29.2 Å². The zero-order valence-corrected chi connectivity index (χ0v) is 15.3. The van der Waals surface area contributed by atoms with Crippen LogP contribution in [0.2, 0.25) is 0 Å². The Labute approximate surface area is 145 Å². The number of hydrogen-bond donors (Lipinski definition) is 1. The number of nitrogens with one attached hydrogen (secondary N) is 1. The van der Waals surface area contributed by atoms with Crippen molar-refractivity contribution in [3.05, 3.63) is 29.8 Å². The normalized spacial score (nSPS) is 26.0. The van der Waals surface area contributed by atoms with Crippen LogP contribution >= 0.6 is 0 Å². The van der Waals surface area contributed by atoms with E-state index in [0.717, 1.165) is 24.2 Å². The molecular weight excluding hydrogens is 322 g/mol. The third-order valence-electron chi connectivity index (χ3n) is 5.74. The van der Waals surface area contributed by atoms with E-state index < -0.39 is 15.1 Å². The molecular formula is C19H27NO3S. The first kappa shape index (κ1) is 17.5. The van der Waals surface area contributed by atoms with Gasteiger partial charge in [-0.2, -0.15) is 0 Å². The van der Waals surface area contributed by atoms with Crippen LogP contribution in [0, 0.1) is 17.8 Å². The van der Waals surface area contributed by atoms with E-state index in [4.69, 9.17) is 0 Å². The van der Waals surface area contributed by atoms with Crippen LogP contribution < -0.4 is 5.32 Å². The van der Waals surface area contributed by atoms with Crippen molar-refractivity contribution in [3.8, 4) is 0 Å². The van der Waals surface area contributed by atoms with Crippen LogP contribution in [-0.4, -0.2) is 26.1 Å². The first-order valence-corrected chi connectivity index (χ1v) is 10.6. The summed E-state index contributed by atoms with van der Waals surface area (Å²) in [4.78, 5) is 12.6. The minimum Gasteiger partial charge on any atom is -0.352 e. The van der Waals surface area contributed by atoms with E-state index in [0.29, 0.717) is 6.54 Å². The quantitative estimate of drug-likeness (QED) is 0.856. The second-order valence-electron chi connectivity index (χ2n) is 7.57. The minimum absolute atomic E-state index is 0.137. The van der Waals surface area contributed by atoms with Gasteiger partial charge in [0.2, 0.25) is 0 Å². The molecule has 1 N–H and O–H groups in total. The Bertz CT molecular complexity index is 711. The van der Waals surface area contributed by atoms with E-state index >= 15 is 0 Å². The molecule has 1 aromatic carbocycles. The zero-order chi connectivity index (χ0) is 17.3. The van der Waals surface area contributed by atoms with E-state index in [1.807, 2.05) is 0 Å². The Morgan fingerprint density at radius 2 is 1.96 bits per heavy atom. The second kappa shape index (κ2) is 6.87. The van der Waals surface area contributed by atoms with Gasteiger partial charge in [0.25, 0.3) is 5.91 Å². The molecule has 0 heterocycles. The molecule has 24 heavy (non-hydrogen) atoms. The van der Waals surface area contributed by atoms with E-state index in [1.165, 1.54) is 31.7 Å². The van der Waals surface area contributed by atoms with Crippen LogP contribution in [0.3, 0.4) is 0 Å². The number of benzene rings is 1. The summed E-state index contributed by atoms with van der Waals surface area (Å²) in [6.07, 6.45) is 6.41. The standard InChI is InChI=1S/C19H27NO3S/c1-13(2)24(22,23)18-6-4-3-5-17(18)19(21)20-10-9-16-12-14-7-8-15(16)11-14/h3-6,13-16H,7-12H2,1-2H3,(H,20,21)/t14-,15-,16+/m0/s1. The Hall–Kier alpha value is -1.36. The van der Waals surface area contributed by atoms with Crippen molar-refractivity contribution in [2.75, 3.05) is 6.54 Å². The van der Waals surface area contributed by atoms with E-state index in [9.17, 15) is 13.2 Å². The van der Waals surface area contributed by atoms with Gasteiger partial charge in [0.1, 0.15) is 0 Å². The van der Waals surface area contributed by atoms with Gasteiger partial charge in [-0.15, -0.1) is 0 Å². The molecule has 1 amide bonds. The van der Waals surface area contributed by atoms with E-state index in [1.54, 1.807) is 32.0 Å². The van der Waals surface area contributed by atoms with Gasteiger partial charge < -0.3 is 5.32 Å².